The molecule has 1 amide bonds. The summed E-state index contributed by atoms with van der Waals surface area (Å²) >= 11 is 0. The van der Waals surface area contributed by atoms with Gasteiger partial charge in [-0.15, -0.1) is 0 Å². The Bertz CT molecular complexity index is 219. The Morgan fingerprint density at radius 3 is 2.29 bits per heavy atom. The third kappa shape index (κ3) is 2.07. The summed E-state index contributed by atoms with van der Waals surface area (Å²) < 4.78 is 0. The molecule has 0 spiro atoms. The summed E-state index contributed by atoms with van der Waals surface area (Å²) in [6, 6.07) is 0.748. The van der Waals surface area contributed by atoms with Crippen molar-refractivity contribution in [2.24, 2.45) is 5.73 Å². The second-order valence-electron chi connectivity index (χ2n) is 4.38. The lowest BCUT2D eigenvalue weighted by atomic mass is 10.2. The molecule has 2 rings (SSSR count). The molecule has 2 aliphatic rings. The van der Waals surface area contributed by atoms with Crippen molar-refractivity contribution in [1.82, 2.24) is 9.80 Å². The molecule has 1 saturated heterocycles. The molecule has 14 heavy (non-hydrogen) atoms. The molecule has 1 saturated carbocycles. The van der Waals surface area contributed by atoms with Crippen LogP contribution in [0.25, 0.3) is 0 Å². The average Bonchev–Trinajstić information content (AvgIpc) is 3.00. The zero-order valence-corrected chi connectivity index (χ0v) is 8.78. The second-order valence-corrected chi connectivity index (χ2v) is 4.38. The molecular weight excluding hydrogens is 178 g/mol. The van der Waals surface area contributed by atoms with Crippen molar-refractivity contribution < 1.29 is 4.79 Å². The van der Waals surface area contributed by atoms with Crippen LogP contribution in [0.1, 0.15) is 19.8 Å². The van der Waals surface area contributed by atoms with Crippen molar-refractivity contribution in [3.8, 4) is 0 Å². The molecule has 1 aliphatic heterocycles. The van der Waals surface area contributed by atoms with Crippen molar-refractivity contribution in [3.63, 3.8) is 0 Å². The Hall–Kier alpha value is -0.610. The van der Waals surface area contributed by atoms with Gasteiger partial charge in [0.1, 0.15) is 0 Å². The summed E-state index contributed by atoms with van der Waals surface area (Å²) in [5, 5.41) is 0. The Balaban J connectivity index is 1.79. The van der Waals surface area contributed by atoms with E-state index in [1.54, 1.807) is 0 Å². The number of amides is 1. The maximum atomic E-state index is 11.0. The Morgan fingerprint density at radius 2 is 1.86 bits per heavy atom. The highest BCUT2D eigenvalue weighted by molar-refractivity contribution is 5.79. The Morgan fingerprint density at radius 1 is 1.29 bits per heavy atom. The van der Waals surface area contributed by atoms with E-state index >= 15 is 0 Å². The summed E-state index contributed by atoms with van der Waals surface area (Å²) in [6.07, 6.45) is 2.73. The normalized spacial score (nSPS) is 27.5. The lowest BCUT2D eigenvalue weighted by molar-refractivity contribution is -0.123. The number of carbonyl (C=O) groups is 1. The maximum Gasteiger partial charge on any atom is 0.234 e. The van der Waals surface area contributed by atoms with E-state index in [2.05, 4.69) is 9.80 Å². The lowest BCUT2D eigenvalue weighted by Gasteiger charge is -2.37. The van der Waals surface area contributed by atoms with Crippen LogP contribution < -0.4 is 5.73 Å². The smallest absolute Gasteiger partial charge is 0.234 e. The summed E-state index contributed by atoms with van der Waals surface area (Å²) in [6.45, 7) is 6.07. The zero-order chi connectivity index (χ0) is 10.1. The number of primary amides is 1. The molecular formula is C10H19N3O. The molecule has 1 unspecified atom stereocenters. The quantitative estimate of drug-likeness (QED) is 0.672. The van der Waals surface area contributed by atoms with Crippen molar-refractivity contribution in [3.05, 3.63) is 0 Å². The van der Waals surface area contributed by atoms with Gasteiger partial charge < -0.3 is 5.73 Å². The molecule has 2 N–H and O–H groups in total. The Labute approximate surface area is 85.0 Å². The third-order valence-electron chi connectivity index (χ3n) is 3.37. The van der Waals surface area contributed by atoms with Crippen LogP contribution in [-0.4, -0.2) is 54.0 Å². The number of piperazine rings is 1. The number of nitrogens with two attached hydrogens (primary N) is 1. The fraction of sp³-hybridized carbons (Fsp3) is 0.900. The van der Waals surface area contributed by atoms with E-state index in [9.17, 15) is 4.79 Å². The van der Waals surface area contributed by atoms with E-state index in [0.29, 0.717) is 0 Å². The molecule has 2 fully saturated rings. The van der Waals surface area contributed by atoms with Crippen LogP contribution in [0.2, 0.25) is 0 Å². The van der Waals surface area contributed by atoms with Gasteiger partial charge in [-0.25, -0.2) is 0 Å². The molecule has 80 valence electrons. The van der Waals surface area contributed by atoms with E-state index in [4.69, 9.17) is 5.73 Å². The third-order valence-corrected chi connectivity index (χ3v) is 3.37. The van der Waals surface area contributed by atoms with Crippen molar-refractivity contribution in [2.45, 2.75) is 31.8 Å². The van der Waals surface area contributed by atoms with Crippen molar-refractivity contribution >= 4 is 5.91 Å². The number of carbonyl (C=O) groups excluding carboxylic acids is 1. The molecule has 4 heteroatoms. The molecule has 1 aliphatic carbocycles. The van der Waals surface area contributed by atoms with E-state index in [-0.39, 0.29) is 11.9 Å². The van der Waals surface area contributed by atoms with Crippen LogP contribution in [0.4, 0.5) is 0 Å². The molecule has 1 heterocycles. The first-order valence-electron chi connectivity index (χ1n) is 5.46. The number of hydrogen-bond acceptors (Lipinski definition) is 3. The number of hydrogen-bond donors (Lipinski definition) is 1. The number of rotatable bonds is 3. The standard InChI is InChI=1S/C10H19N3O/c1-8(10(11)14)12-4-6-13(7-5-12)9-2-3-9/h8-9H,2-7H2,1H3,(H2,11,14). The van der Waals surface area contributed by atoms with Crippen LogP contribution in [0.3, 0.4) is 0 Å². The summed E-state index contributed by atoms with van der Waals surface area (Å²) in [5.74, 6) is -0.204. The van der Waals surface area contributed by atoms with Crippen molar-refractivity contribution in [1.29, 1.82) is 0 Å². The predicted octanol–water partition coefficient (Wildman–Crippen LogP) is -0.360. The molecule has 4 nitrogen and oxygen atoms in total. The van der Waals surface area contributed by atoms with Gasteiger partial charge >= 0.3 is 0 Å². The van der Waals surface area contributed by atoms with Crippen LogP contribution in [0, 0.1) is 0 Å². The highest BCUT2D eigenvalue weighted by Gasteiger charge is 2.32. The van der Waals surface area contributed by atoms with Gasteiger partial charge in [-0.05, 0) is 19.8 Å². The van der Waals surface area contributed by atoms with Crippen molar-refractivity contribution in [2.75, 3.05) is 26.2 Å². The van der Waals surface area contributed by atoms with Gasteiger partial charge in [0.25, 0.3) is 0 Å². The monoisotopic (exact) mass is 197 g/mol. The topological polar surface area (TPSA) is 49.6 Å². The van der Waals surface area contributed by atoms with Gasteiger partial charge in [0.2, 0.25) is 5.91 Å². The SMILES string of the molecule is CC(C(N)=O)N1CCN(C2CC2)CC1. The molecule has 0 aromatic carbocycles. The van der Waals surface area contributed by atoms with Crippen LogP contribution in [0.15, 0.2) is 0 Å². The predicted molar refractivity (Wildman–Crippen MR) is 54.8 cm³/mol. The fourth-order valence-corrected chi connectivity index (χ4v) is 2.11. The number of nitrogens with zero attached hydrogens (tertiary/aromatic N) is 2. The van der Waals surface area contributed by atoms with Gasteiger partial charge in [0, 0.05) is 32.2 Å². The fourth-order valence-electron chi connectivity index (χ4n) is 2.11. The molecule has 0 bridgehead atoms. The highest BCUT2D eigenvalue weighted by atomic mass is 16.1. The van der Waals surface area contributed by atoms with Gasteiger partial charge in [-0.1, -0.05) is 0 Å². The van der Waals surface area contributed by atoms with Crippen LogP contribution in [0.5, 0.6) is 0 Å². The minimum Gasteiger partial charge on any atom is -0.368 e. The molecule has 0 aromatic rings. The van der Waals surface area contributed by atoms with Crippen LogP contribution >= 0.6 is 0 Å². The zero-order valence-electron chi connectivity index (χ0n) is 8.78. The average molecular weight is 197 g/mol. The molecule has 0 aromatic heterocycles. The molecule has 1 atom stereocenters. The van der Waals surface area contributed by atoms with Gasteiger partial charge in [0.15, 0.2) is 0 Å². The molecule has 0 radical (unpaired) electrons. The summed E-state index contributed by atoms with van der Waals surface area (Å²) in [7, 11) is 0. The van der Waals surface area contributed by atoms with E-state index in [1.807, 2.05) is 6.92 Å². The maximum absolute atomic E-state index is 11.0. The second kappa shape index (κ2) is 3.87. The van der Waals surface area contributed by atoms with Gasteiger partial charge in [-0.3, -0.25) is 14.6 Å². The largest absolute Gasteiger partial charge is 0.368 e. The lowest BCUT2D eigenvalue weighted by Crippen LogP contribution is -2.53. The van der Waals surface area contributed by atoms with Crippen LogP contribution in [-0.2, 0) is 4.79 Å². The highest BCUT2D eigenvalue weighted by Crippen LogP contribution is 2.27. The first-order valence-corrected chi connectivity index (χ1v) is 5.46. The Kier molecular flexibility index (Phi) is 2.74. The minimum absolute atomic E-state index is 0.101. The van der Waals surface area contributed by atoms with Gasteiger partial charge in [0.05, 0.1) is 6.04 Å². The van der Waals surface area contributed by atoms with E-state index in [0.717, 1.165) is 32.2 Å². The first-order chi connectivity index (χ1) is 6.68. The van der Waals surface area contributed by atoms with E-state index < -0.39 is 0 Å². The first kappa shape index (κ1) is 9.93. The minimum atomic E-state index is -0.204. The summed E-state index contributed by atoms with van der Waals surface area (Å²) in [4.78, 5) is 15.7. The summed E-state index contributed by atoms with van der Waals surface area (Å²) in [5.41, 5.74) is 5.28. The van der Waals surface area contributed by atoms with E-state index in [1.165, 1.54) is 12.8 Å². The van der Waals surface area contributed by atoms with Gasteiger partial charge in [-0.2, -0.15) is 0 Å².